The fraction of sp³-hybridized carbons (Fsp3) is 0.300. The Morgan fingerprint density at radius 2 is 2.20 bits per heavy atom. The number of halogens is 2. The van der Waals surface area contributed by atoms with Gasteiger partial charge in [-0.1, -0.05) is 0 Å². The Hall–Kier alpha value is -1.13. The minimum absolute atomic E-state index is 0. The molecule has 1 atom stereocenters. The first kappa shape index (κ1) is 11.9. The SMILES string of the molecule is Cl.NC1CCc2cc(F)c(C(=O)O)cc21. The zero-order valence-electron chi connectivity index (χ0n) is 7.87. The lowest BCUT2D eigenvalue weighted by atomic mass is 10.0. The van der Waals surface area contributed by atoms with Crippen molar-refractivity contribution in [2.24, 2.45) is 5.73 Å². The minimum Gasteiger partial charge on any atom is -0.478 e. The maximum absolute atomic E-state index is 13.2. The molecule has 0 spiro atoms. The van der Waals surface area contributed by atoms with Crippen LogP contribution in [0.4, 0.5) is 4.39 Å². The molecule has 0 heterocycles. The highest BCUT2D eigenvalue weighted by molar-refractivity contribution is 5.88. The quantitative estimate of drug-likeness (QED) is 0.776. The van der Waals surface area contributed by atoms with Crippen LogP contribution in [-0.4, -0.2) is 11.1 Å². The van der Waals surface area contributed by atoms with Crippen molar-refractivity contribution >= 4 is 18.4 Å². The third-order valence-corrected chi connectivity index (χ3v) is 2.58. The van der Waals surface area contributed by atoms with Gasteiger partial charge in [0.2, 0.25) is 0 Å². The lowest BCUT2D eigenvalue weighted by Crippen LogP contribution is -2.08. The van der Waals surface area contributed by atoms with Gasteiger partial charge >= 0.3 is 5.97 Å². The van der Waals surface area contributed by atoms with Crippen LogP contribution in [0.3, 0.4) is 0 Å². The van der Waals surface area contributed by atoms with Gasteiger partial charge in [0, 0.05) is 6.04 Å². The van der Waals surface area contributed by atoms with E-state index in [0.717, 1.165) is 24.0 Å². The summed E-state index contributed by atoms with van der Waals surface area (Å²) < 4.78 is 13.2. The first-order chi connectivity index (χ1) is 6.59. The highest BCUT2D eigenvalue weighted by Crippen LogP contribution is 2.31. The summed E-state index contributed by atoms with van der Waals surface area (Å²) in [6, 6.07) is 2.49. The van der Waals surface area contributed by atoms with E-state index in [9.17, 15) is 9.18 Å². The standard InChI is InChI=1S/C10H10FNO2.ClH/c11-8-3-5-1-2-9(12)6(5)4-7(8)10(13)14;/h3-4,9H,1-2,12H2,(H,13,14);1H. The molecule has 0 fully saturated rings. The van der Waals surface area contributed by atoms with Gasteiger partial charge in [0.25, 0.3) is 0 Å². The molecule has 0 radical (unpaired) electrons. The molecular formula is C10H11ClFNO2. The first-order valence-electron chi connectivity index (χ1n) is 4.41. The molecule has 1 aliphatic rings. The molecule has 82 valence electrons. The van der Waals surface area contributed by atoms with E-state index < -0.39 is 11.8 Å². The summed E-state index contributed by atoms with van der Waals surface area (Å²) in [4.78, 5) is 10.6. The molecular weight excluding hydrogens is 221 g/mol. The Bertz CT molecular complexity index is 409. The van der Waals surface area contributed by atoms with E-state index in [1.807, 2.05) is 0 Å². The number of fused-ring (bicyclic) bond motifs is 1. The molecule has 0 aromatic heterocycles. The van der Waals surface area contributed by atoms with Crippen LogP contribution in [0, 0.1) is 5.82 Å². The molecule has 0 aliphatic heterocycles. The van der Waals surface area contributed by atoms with Crippen LogP contribution in [0.2, 0.25) is 0 Å². The molecule has 15 heavy (non-hydrogen) atoms. The molecule has 0 amide bonds. The highest BCUT2D eigenvalue weighted by Gasteiger charge is 2.23. The van der Waals surface area contributed by atoms with Crippen molar-refractivity contribution in [2.75, 3.05) is 0 Å². The predicted molar refractivity (Wildman–Crippen MR) is 55.9 cm³/mol. The van der Waals surface area contributed by atoms with Crippen LogP contribution in [0.15, 0.2) is 12.1 Å². The van der Waals surface area contributed by atoms with Gasteiger partial charge < -0.3 is 10.8 Å². The molecule has 1 aromatic rings. The number of hydrogen-bond donors (Lipinski definition) is 2. The van der Waals surface area contributed by atoms with Crippen LogP contribution in [-0.2, 0) is 6.42 Å². The van der Waals surface area contributed by atoms with Gasteiger partial charge in [-0.15, -0.1) is 12.4 Å². The van der Waals surface area contributed by atoms with Crippen molar-refractivity contribution in [1.29, 1.82) is 0 Å². The molecule has 3 nitrogen and oxygen atoms in total. The number of hydrogen-bond acceptors (Lipinski definition) is 2. The maximum Gasteiger partial charge on any atom is 0.338 e. The summed E-state index contributed by atoms with van der Waals surface area (Å²) in [6.45, 7) is 0. The Balaban J connectivity index is 0.00000112. The number of rotatable bonds is 1. The van der Waals surface area contributed by atoms with E-state index in [0.29, 0.717) is 0 Å². The lowest BCUT2D eigenvalue weighted by molar-refractivity contribution is 0.0692. The van der Waals surface area contributed by atoms with Gasteiger partial charge in [0.05, 0.1) is 5.56 Å². The van der Waals surface area contributed by atoms with Gasteiger partial charge in [-0.2, -0.15) is 0 Å². The Morgan fingerprint density at radius 3 is 2.80 bits per heavy atom. The monoisotopic (exact) mass is 231 g/mol. The molecule has 3 N–H and O–H groups in total. The summed E-state index contributed by atoms with van der Waals surface area (Å²) in [7, 11) is 0. The second kappa shape index (κ2) is 4.16. The second-order valence-corrected chi connectivity index (χ2v) is 3.48. The van der Waals surface area contributed by atoms with Crippen LogP contribution in [0.5, 0.6) is 0 Å². The third kappa shape index (κ3) is 1.96. The topological polar surface area (TPSA) is 63.3 Å². The first-order valence-corrected chi connectivity index (χ1v) is 4.41. The van der Waals surface area contributed by atoms with Crippen molar-refractivity contribution < 1.29 is 14.3 Å². The van der Waals surface area contributed by atoms with Crippen LogP contribution < -0.4 is 5.73 Å². The van der Waals surface area contributed by atoms with E-state index in [2.05, 4.69) is 0 Å². The fourth-order valence-electron chi connectivity index (χ4n) is 1.82. The van der Waals surface area contributed by atoms with Crippen molar-refractivity contribution in [3.63, 3.8) is 0 Å². The molecule has 5 heteroatoms. The molecule has 0 saturated carbocycles. The number of nitrogens with two attached hydrogens (primary N) is 1. The van der Waals surface area contributed by atoms with Crippen LogP contribution in [0.25, 0.3) is 0 Å². The number of carboxylic acids is 1. The van der Waals surface area contributed by atoms with Gasteiger partial charge in [0.1, 0.15) is 5.82 Å². The van der Waals surface area contributed by atoms with Crippen molar-refractivity contribution in [2.45, 2.75) is 18.9 Å². The largest absolute Gasteiger partial charge is 0.478 e. The average molecular weight is 232 g/mol. The molecule has 1 aromatic carbocycles. The fourth-order valence-corrected chi connectivity index (χ4v) is 1.82. The Kier molecular flexibility index (Phi) is 3.31. The van der Waals surface area contributed by atoms with Gasteiger partial charge in [-0.05, 0) is 36.1 Å². The lowest BCUT2D eigenvalue weighted by Gasteiger charge is -2.06. The molecule has 2 rings (SSSR count). The summed E-state index contributed by atoms with van der Waals surface area (Å²) in [5, 5.41) is 8.70. The number of aromatic carboxylic acids is 1. The predicted octanol–water partition coefficient (Wildman–Crippen LogP) is 1.89. The molecule has 0 bridgehead atoms. The van der Waals surface area contributed by atoms with E-state index in [1.54, 1.807) is 0 Å². The highest BCUT2D eigenvalue weighted by atomic mass is 35.5. The van der Waals surface area contributed by atoms with Crippen LogP contribution >= 0.6 is 12.4 Å². The number of carboxylic acid groups (broad SMARTS) is 1. The van der Waals surface area contributed by atoms with Crippen molar-refractivity contribution in [1.82, 2.24) is 0 Å². The summed E-state index contributed by atoms with van der Waals surface area (Å²) in [6.07, 6.45) is 1.49. The average Bonchev–Trinajstić information content (AvgIpc) is 2.46. The minimum atomic E-state index is -1.25. The van der Waals surface area contributed by atoms with E-state index >= 15 is 0 Å². The Morgan fingerprint density at radius 1 is 1.53 bits per heavy atom. The molecule has 1 unspecified atom stereocenters. The number of carbonyl (C=O) groups is 1. The normalized spacial score (nSPS) is 18.1. The van der Waals surface area contributed by atoms with Gasteiger partial charge in [-0.3, -0.25) is 0 Å². The number of benzene rings is 1. The van der Waals surface area contributed by atoms with Crippen LogP contribution in [0.1, 0.15) is 33.9 Å². The number of aryl methyl sites for hydroxylation is 1. The maximum atomic E-state index is 13.2. The third-order valence-electron chi connectivity index (χ3n) is 2.58. The van der Waals surface area contributed by atoms with Gasteiger partial charge in [0.15, 0.2) is 0 Å². The van der Waals surface area contributed by atoms with E-state index in [-0.39, 0.29) is 24.0 Å². The van der Waals surface area contributed by atoms with E-state index in [1.165, 1.54) is 12.1 Å². The Labute approximate surface area is 92.5 Å². The van der Waals surface area contributed by atoms with Crippen molar-refractivity contribution in [3.8, 4) is 0 Å². The zero-order valence-corrected chi connectivity index (χ0v) is 8.68. The van der Waals surface area contributed by atoms with E-state index in [4.69, 9.17) is 10.8 Å². The second-order valence-electron chi connectivity index (χ2n) is 3.48. The van der Waals surface area contributed by atoms with Crippen molar-refractivity contribution in [3.05, 3.63) is 34.6 Å². The molecule has 1 aliphatic carbocycles. The zero-order chi connectivity index (χ0) is 10.3. The summed E-state index contributed by atoms with van der Waals surface area (Å²) in [5.74, 6) is -1.92. The summed E-state index contributed by atoms with van der Waals surface area (Å²) in [5.41, 5.74) is 7.06. The molecule has 0 saturated heterocycles. The van der Waals surface area contributed by atoms with Gasteiger partial charge in [-0.25, -0.2) is 9.18 Å². The smallest absolute Gasteiger partial charge is 0.338 e. The summed E-state index contributed by atoms with van der Waals surface area (Å²) >= 11 is 0.